The van der Waals surface area contributed by atoms with Crippen molar-refractivity contribution in [1.29, 1.82) is 0 Å². The molecule has 2 aromatic rings. The summed E-state index contributed by atoms with van der Waals surface area (Å²) < 4.78 is 28.0. The van der Waals surface area contributed by atoms with Gasteiger partial charge in [-0.05, 0) is 48.6 Å². The first-order valence-electron chi connectivity index (χ1n) is 11.6. The summed E-state index contributed by atoms with van der Waals surface area (Å²) in [6.45, 7) is 2.97. The summed E-state index contributed by atoms with van der Waals surface area (Å²) >= 11 is 0. The highest BCUT2D eigenvalue weighted by Gasteiger charge is 2.38. The molecule has 1 fully saturated rings. The monoisotopic (exact) mass is 469 g/mol. The van der Waals surface area contributed by atoms with Crippen LogP contribution in [-0.2, 0) is 32.5 Å². The van der Waals surface area contributed by atoms with Gasteiger partial charge in [0.1, 0.15) is 6.04 Å². The minimum Gasteiger partial charge on any atom is -0.354 e. The van der Waals surface area contributed by atoms with Crippen LogP contribution in [0.15, 0.2) is 53.4 Å². The molecule has 2 aliphatic rings. The molecule has 7 nitrogen and oxygen atoms in total. The first kappa shape index (κ1) is 23.4. The van der Waals surface area contributed by atoms with E-state index in [-0.39, 0.29) is 16.7 Å². The Kier molecular flexibility index (Phi) is 7.14. The molecule has 33 heavy (non-hydrogen) atoms. The van der Waals surface area contributed by atoms with Gasteiger partial charge in [-0.25, -0.2) is 8.42 Å². The second-order valence-corrected chi connectivity index (χ2v) is 10.7. The maximum Gasteiger partial charge on any atom is 0.243 e. The molecule has 176 valence electrons. The standard InChI is InChI=1S/C25H31N3O4S/c1-19(29)28-23-12-11-22(33(31,32)27-15-7-2-3-8-16-27)17-21(23)18-24(28)25(30)26-14-13-20-9-5-4-6-10-20/h4-6,9-12,17,24H,2-3,7-8,13-16,18H2,1H3,(H,26,30). The van der Waals surface area contributed by atoms with Crippen molar-refractivity contribution in [3.05, 3.63) is 59.7 Å². The minimum atomic E-state index is -3.60. The molecule has 0 spiro atoms. The summed E-state index contributed by atoms with van der Waals surface area (Å²) in [7, 11) is -3.60. The summed E-state index contributed by atoms with van der Waals surface area (Å²) in [5.74, 6) is -0.464. The minimum absolute atomic E-state index is 0.228. The second-order valence-electron chi connectivity index (χ2n) is 8.74. The van der Waals surface area contributed by atoms with Crippen molar-refractivity contribution in [2.24, 2.45) is 0 Å². The number of anilines is 1. The van der Waals surface area contributed by atoms with E-state index in [0.717, 1.165) is 31.2 Å². The molecule has 2 amide bonds. The summed E-state index contributed by atoms with van der Waals surface area (Å²) in [5.41, 5.74) is 2.45. The fourth-order valence-corrected chi connectivity index (χ4v) is 6.28. The van der Waals surface area contributed by atoms with Crippen LogP contribution in [0.5, 0.6) is 0 Å². The second kappa shape index (κ2) is 10.1. The average molecular weight is 470 g/mol. The number of fused-ring (bicyclic) bond motifs is 1. The van der Waals surface area contributed by atoms with Gasteiger partial charge in [0.25, 0.3) is 0 Å². The number of nitrogens with one attached hydrogen (secondary N) is 1. The lowest BCUT2D eigenvalue weighted by atomic mass is 10.1. The molecule has 4 rings (SSSR count). The van der Waals surface area contributed by atoms with Gasteiger partial charge in [-0.3, -0.25) is 14.5 Å². The van der Waals surface area contributed by atoms with E-state index in [9.17, 15) is 18.0 Å². The Morgan fingerprint density at radius 1 is 1.00 bits per heavy atom. The molecule has 0 saturated carbocycles. The summed E-state index contributed by atoms with van der Waals surface area (Å²) in [6, 6.07) is 14.1. The molecule has 2 aliphatic heterocycles. The normalized spacial score (nSPS) is 19.1. The number of rotatable bonds is 6. The lowest BCUT2D eigenvalue weighted by molar-refractivity contribution is -0.125. The lowest BCUT2D eigenvalue weighted by Crippen LogP contribution is -2.47. The molecule has 0 aliphatic carbocycles. The highest BCUT2D eigenvalue weighted by Crippen LogP contribution is 2.35. The highest BCUT2D eigenvalue weighted by atomic mass is 32.2. The van der Waals surface area contributed by atoms with Crippen LogP contribution < -0.4 is 10.2 Å². The number of carbonyl (C=O) groups excluding carboxylic acids is 2. The van der Waals surface area contributed by atoms with Crippen LogP contribution in [0.4, 0.5) is 5.69 Å². The molecular formula is C25H31N3O4S. The third-order valence-electron chi connectivity index (χ3n) is 6.44. The Balaban J connectivity index is 1.50. The lowest BCUT2D eigenvalue weighted by Gasteiger charge is -2.24. The first-order valence-corrected chi connectivity index (χ1v) is 13.1. The van der Waals surface area contributed by atoms with E-state index >= 15 is 0 Å². The predicted octanol–water partition coefficient (Wildman–Crippen LogP) is 2.89. The van der Waals surface area contributed by atoms with E-state index in [1.165, 1.54) is 11.8 Å². The quantitative estimate of drug-likeness (QED) is 0.705. The maximum atomic E-state index is 13.2. The highest BCUT2D eigenvalue weighted by molar-refractivity contribution is 7.89. The van der Waals surface area contributed by atoms with Gasteiger partial charge in [0.15, 0.2) is 0 Å². The van der Waals surface area contributed by atoms with Crippen molar-refractivity contribution in [2.45, 2.75) is 56.4 Å². The van der Waals surface area contributed by atoms with Gasteiger partial charge in [0.05, 0.1) is 4.90 Å². The molecule has 1 unspecified atom stereocenters. The molecule has 1 saturated heterocycles. The van der Waals surface area contributed by atoms with Crippen LogP contribution in [-0.4, -0.2) is 50.2 Å². The van der Waals surface area contributed by atoms with E-state index in [4.69, 9.17) is 0 Å². The molecule has 8 heteroatoms. The van der Waals surface area contributed by atoms with Gasteiger partial charge in [-0.15, -0.1) is 0 Å². The smallest absolute Gasteiger partial charge is 0.243 e. The molecule has 0 bridgehead atoms. The number of hydrogen-bond acceptors (Lipinski definition) is 4. The fraction of sp³-hybridized carbons (Fsp3) is 0.440. The Labute approximate surface area is 195 Å². The van der Waals surface area contributed by atoms with E-state index < -0.39 is 16.1 Å². The number of sulfonamides is 1. The van der Waals surface area contributed by atoms with E-state index in [0.29, 0.717) is 43.7 Å². The zero-order valence-electron chi connectivity index (χ0n) is 19.0. The number of nitrogens with zero attached hydrogens (tertiary/aromatic N) is 2. The summed E-state index contributed by atoms with van der Waals surface area (Å²) in [5, 5.41) is 2.94. The van der Waals surface area contributed by atoms with Crippen molar-refractivity contribution in [3.63, 3.8) is 0 Å². The largest absolute Gasteiger partial charge is 0.354 e. The van der Waals surface area contributed by atoms with Gasteiger partial charge in [-0.1, -0.05) is 43.2 Å². The van der Waals surface area contributed by atoms with Gasteiger partial charge in [-0.2, -0.15) is 4.31 Å². The van der Waals surface area contributed by atoms with Crippen LogP contribution in [0.2, 0.25) is 0 Å². The topological polar surface area (TPSA) is 86.8 Å². The van der Waals surface area contributed by atoms with E-state index in [1.807, 2.05) is 30.3 Å². The average Bonchev–Trinajstić information content (AvgIpc) is 2.97. The summed E-state index contributed by atoms with van der Waals surface area (Å²) in [4.78, 5) is 27.1. The Bertz CT molecular complexity index is 1110. The first-order chi connectivity index (χ1) is 15.9. The van der Waals surface area contributed by atoms with Crippen LogP contribution in [0.25, 0.3) is 0 Å². The number of benzene rings is 2. The van der Waals surface area contributed by atoms with Crippen molar-refractivity contribution in [1.82, 2.24) is 9.62 Å². The van der Waals surface area contributed by atoms with Crippen molar-refractivity contribution in [2.75, 3.05) is 24.5 Å². The van der Waals surface area contributed by atoms with Gasteiger partial charge >= 0.3 is 0 Å². The number of hydrogen-bond donors (Lipinski definition) is 1. The van der Waals surface area contributed by atoms with Crippen LogP contribution in [0.1, 0.15) is 43.7 Å². The van der Waals surface area contributed by atoms with E-state index in [1.54, 1.807) is 22.5 Å². The van der Waals surface area contributed by atoms with Gasteiger partial charge in [0, 0.05) is 38.7 Å². The van der Waals surface area contributed by atoms with Gasteiger partial charge in [0.2, 0.25) is 21.8 Å². The maximum absolute atomic E-state index is 13.2. The molecule has 0 radical (unpaired) electrons. The third-order valence-corrected chi connectivity index (χ3v) is 8.33. The fourth-order valence-electron chi connectivity index (χ4n) is 4.71. The molecule has 1 N–H and O–H groups in total. The van der Waals surface area contributed by atoms with Gasteiger partial charge < -0.3 is 5.32 Å². The third kappa shape index (κ3) is 5.12. The van der Waals surface area contributed by atoms with Crippen LogP contribution in [0, 0.1) is 0 Å². The molecule has 1 atom stereocenters. The molecule has 2 heterocycles. The zero-order valence-corrected chi connectivity index (χ0v) is 19.8. The molecular weight excluding hydrogens is 438 g/mol. The van der Waals surface area contributed by atoms with E-state index in [2.05, 4.69) is 5.32 Å². The Morgan fingerprint density at radius 2 is 1.70 bits per heavy atom. The van der Waals surface area contributed by atoms with Crippen molar-refractivity contribution >= 4 is 27.5 Å². The molecule has 2 aromatic carbocycles. The zero-order chi connectivity index (χ0) is 23.4. The Hall–Kier alpha value is -2.71. The number of amides is 2. The SMILES string of the molecule is CC(=O)N1c2ccc(S(=O)(=O)N3CCCCCC3)cc2CC1C(=O)NCCc1ccccc1. The van der Waals surface area contributed by atoms with Crippen LogP contribution >= 0.6 is 0 Å². The van der Waals surface area contributed by atoms with Crippen LogP contribution in [0.3, 0.4) is 0 Å². The number of carbonyl (C=O) groups is 2. The Morgan fingerprint density at radius 3 is 2.36 bits per heavy atom. The summed E-state index contributed by atoms with van der Waals surface area (Å²) in [6.07, 6.45) is 4.83. The van der Waals surface area contributed by atoms with Crippen molar-refractivity contribution < 1.29 is 18.0 Å². The van der Waals surface area contributed by atoms with Crippen molar-refractivity contribution in [3.8, 4) is 0 Å². The predicted molar refractivity (Wildman–Crippen MR) is 127 cm³/mol. The molecule has 0 aromatic heterocycles.